The Morgan fingerprint density at radius 2 is 0.906 bits per heavy atom. The van der Waals surface area contributed by atoms with Gasteiger partial charge >= 0.3 is 0 Å². The van der Waals surface area contributed by atoms with Crippen molar-refractivity contribution in [3.05, 3.63) is 248 Å². The normalized spacial score (nSPS) is 12.7. The molecule has 0 saturated carbocycles. The van der Waals surface area contributed by atoms with Gasteiger partial charge in [-0.1, -0.05) is 153 Å². The minimum Gasteiger partial charge on any atom is -0.310 e. The Hall–Kier alpha value is -8.14. The maximum absolute atomic E-state index is 2.43. The molecule has 0 bridgehead atoms. The molecule has 0 unspecified atom stereocenters. The van der Waals surface area contributed by atoms with Gasteiger partial charge in [0.25, 0.3) is 0 Å². The zero-order valence-corrected chi connectivity index (χ0v) is 35.9. The highest BCUT2D eigenvalue weighted by Crippen LogP contribution is 2.51. The second-order valence-electron chi connectivity index (χ2n) is 17.4. The molecule has 10 aromatic carbocycles. The van der Waals surface area contributed by atoms with Crippen LogP contribution < -0.4 is 9.80 Å². The second-order valence-corrected chi connectivity index (χ2v) is 17.4. The number of aromatic nitrogens is 1. The number of benzene rings is 10. The van der Waals surface area contributed by atoms with E-state index in [0.29, 0.717) is 0 Å². The summed E-state index contributed by atoms with van der Waals surface area (Å²) < 4.78 is 2.43. The van der Waals surface area contributed by atoms with Gasteiger partial charge < -0.3 is 14.4 Å². The lowest BCUT2D eigenvalue weighted by atomic mass is 9.82. The van der Waals surface area contributed by atoms with Crippen LogP contribution in [-0.2, 0) is 5.41 Å². The summed E-state index contributed by atoms with van der Waals surface area (Å²) in [6, 6.07) is 86.3. The fourth-order valence-corrected chi connectivity index (χ4v) is 10.3. The van der Waals surface area contributed by atoms with Gasteiger partial charge in [0.2, 0.25) is 0 Å². The lowest BCUT2D eigenvalue weighted by Crippen LogP contribution is -2.16. The Morgan fingerprint density at radius 3 is 1.62 bits per heavy atom. The molecular weight excluding hydrogens is 775 g/mol. The summed E-state index contributed by atoms with van der Waals surface area (Å²) in [5, 5.41) is 4.80. The summed E-state index contributed by atoms with van der Waals surface area (Å²) in [6.45, 7) is 4.70. The first-order valence-corrected chi connectivity index (χ1v) is 22.2. The van der Waals surface area contributed by atoms with Gasteiger partial charge in [-0.05, 0) is 141 Å². The fourth-order valence-electron chi connectivity index (χ4n) is 10.3. The molecule has 1 aromatic heterocycles. The number of nitrogens with zero attached hydrogens (tertiary/aromatic N) is 3. The van der Waals surface area contributed by atoms with Crippen molar-refractivity contribution in [1.82, 2.24) is 4.57 Å². The van der Waals surface area contributed by atoms with E-state index in [0.717, 1.165) is 56.5 Å². The third-order valence-corrected chi connectivity index (χ3v) is 13.3. The van der Waals surface area contributed by atoms with Crippen LogP contribution in [0.25, 0.3) is 60.5 Å². The summed E-state index contributed by atoms with van der Waals surface area (Å²) in [5.74, 6) is 0. The van der Waals surface area contributed by atoms with Gasteiger partial charge in [0.05, 0.1) is 16.7 Å². The molecule has 0 amide bonds. The van der Waals surface area contributed by atoms with E-state index in [-0.39, 0.29) is 5.41 Å². The van der Waals surface area contributed by atoms with Gasteiger partial charge in [-0.25, -0.2) is 0 Å². The minimum atomic E-state index is -0.0956. The lowest BCUT2D eigenvalue weighted by Gasteiger charge is -2.28. The molecule has 0 spiro atoms. The first-order valence-electron chi connectivity index (χ1n) is 22.2. The van der Waals surface area contributed by atoms with Gasteiger partial charge in [-0.2, -0.15) is 0 Å². The average molecular weight is 820 g/mol. The van der Waals surface area contributed by atoms with Crippen LogP contribution >= 0.6 is 0 Å². The summed E-state index contributed by atoms with van der Waals surface area (Å²) >= 11 is 0. The maximum atomic E-state index is 2.43. The monoisotopic (exact) mass is 819 g/mol. The number of rotatable bonds is 8. The van der Waals surface area contributed by atoms with E-state index in [9.17, 15) is 0 Å². The molecule has 304 valence electrons. The number of para-hydroxylation sites is 5. The predicted octanol–water partition coefficient (Wildman–Crippen LogP) is 16.8. The van der Waals surface area contributed by atoms with Gasteiger partial charge in [0.15, 0.2) is 0 Å². The van der Waals surface area contributed by atoms with Crippen molar-refractivity contribution in [1.29, 1.82) is 0 Å². The topological polar surface area (TPSA) is 11.4 Å². The zero-order chi connectivity index (χ0) is 42.8. The molecule has 1 heterocycles. The van der Waals surface area contributed by atoms with E-state index in [1.165, 1.54) is 49.3 Å². The fraction of sp³-hybridized carbons (Fsp3) is 0.0492. The molecule has 1 aliphatic rings. The van der Waals surface area contributed by atoms with Crippen LogP contribution in [0.15, 0.2) is 237 Å². The molecule has 0 radical (unpaired) electrons. The van der Waals surface area contributed by atoms with Crippen molar-refractivity contribution >= 4 is 66.7 Å². The first kappa shape index (κ1) is 37.6. The van der Waals surface area contributed by atoms with Crippen LogP contribution in [0.4, 0.5) is 34.1 Å². The number of fused-ring (bicyclic) bond motifs is 7. The number of anilines is 6. The molecule has 64 heavy (non-hydrogen) atoms. The van der Waals surface area contributed by atoms with Gasteiger partial charge in [-0.15, -0.1) is 0 Å². The first-order chi connectivity index (χ1) is 31.5. The van der Waals surface area contributed by atoms with Crippen molar-refractivity contribution in [2.45, 2.75) is 19.3 Å². The van der Waals surface area contributed by atoms with E-state index < -0.39 is 0 Å². The molecule has 0 saturated heterocycles. The van der Waals surface area contributed by atoms with E-state index >= 15 is 0 Å². The summed E-state index contributed by atoms with van der Waals surface area (Å²) in [4.78, 5) is 4.81. The largest absolute Gasteiger partial charge is 0.310 e. The predicted molar refractivity (Wildman–Crippen MR) is 271 cm³/mol. The highest BCUT2D eigenvalue weighted by molar-refractivity contribution is 6.18. The summed E-state index contributed by atoms with van der Waals surface area (Å²) in [6.07, 6.45) is 0. The van der Waals surface area contributed by atoms with E-state index in [1.807, 2.05) is 0 Å². The van der Waals surface area contributed by atoms with Crippen molar-refractivity contribution in [3.8, 4) is 27.9 Å². The quantitative estimate of drug-likeness (QED) is 0.151. The molecule has 0 fully saturated rings. The highest BCUT2D eigenvalue weighted by atomic mass is 15.2. The Kier molecular flexibility index (Phi) is 8.84. The van der Waals surface area contributed by atoms with Crippen LogP contribution in [0.5, 0.6) is 0 Å². The molecule has 0 atom stereocenters. The standard InChI is InChI=1S/C61H45N3/c1-61(2)55-29-17-15-27-52(55)53-36-35-51(41-56(53)61)62(46-19-7-3-8-20-46)50-34-33-42-37-43(31-32-44(42)38-50)45-39-58(63(47-21-9-4-10-22-47)48-23-11-5-12-24-48)60-54-28-16-18-30-57(54)64(59(60)40-45)49-25-13-6-14-26-49/h3-41H,1-2H3. The summed E-state index contributed by atoms with van der Waals surface area (Å²) in [7, 11) is 0. The third-order valence-electron chi connectivity index (χ3n) is 13.3. The maximum Gasteiger partial charge on any atom is 0.0568 e. The SMILES string of the molecule is CC1(C)c2ccccc2-c2ccc(N(c3ccccc3)c3ccc4cc(-c5cc(N(c6ccccc6)c6ccccc6)c6c7ccccc7n(-c7ccccc7)c6c5)ccc4c3)cc21. The van der Waals surface area contributed by atoms with Gasteiger partial charge in [0.1, 0.15) is 0 Å². The van der Waals surface area contributed by atoms with Crippen molar-refractivity contribution in [2.75, 3.05) is 9.80 Å². The molecule has 0 aliphatic heterocycles. The van der Waals surface area contributed by atoms with Crippen LogP contribution in [0, 0.1) is 0 Å². The Bertz CT molecular complexity index is 3480. The van der Waals surface area contributed by atoms with E-state index in [2.05, 4.69) is 265 Å². The molecule has 12 rings (SSSR count). The van der Waals surface area contributed by atoms with Crippen LogP contribution in [0.3, 0.4) is 0 Å². The second kappa shape index (κ2) is 15.0. The Labute approximate surface area is 374 Å². The zero-order valence-electron chi connectivity index (χ0n) is 35.9. The number of hydrogen-bond acceptors (Lipinski definition) is 2. The van der Waals surface area contributed by atoms with Gasteiger partial charge in [0, 0.05) is 50.3 Å². The third kappa shape index (κ3) is 6.12. The highest BCUT2D eigenvalue weighted by Gasteiger charge is 2.35. The average Bonchev–Trinajstić information content (AvgIpc) is 3.81. The summed E-state index contributed by atoms with van der Waals surface area (Å²) in [5.41, 5.74) is 17.8. The van der Waals surface area contributed by atoms with Crippen LogP contribution in [0.2, 0.25) is 0 Å². The van der Waals surface area contributed by atoms with Crippen molar-refractivity contribution < 1.29 is 0 Å². The molecule has 11 aromatic rings. The molecule has 3 nitrogen and oxygen atoms in total. The molecule has 1 aliphatic carbocycles. The minimum absolute atomic E-state index is 0.0956. The lowest BCUT2D eigenvalue weighted by molar-refractivity contribution is 0.660. The van der Waals surface area contributed by atoms with Crippen LogP contribution in [-0.4, -0.2) is 4.57 Å². The molecule has 0 N–H and O–H groups in total. The van der Waals surface area contributed by atoms with E-state index in [4.69, 9.17) is 0 Å². The van der Waals surface area contributed by atoms with Crippen LogP contribution in [0.1, 0.15) is 25.0 Å². The smallest absolute Gasteiger partial charge is 0.0568 e. The number of hydrogen-bond donors (Lipinski definition) is 0. The Morgan fingerprint density at radius 1 is 0.359 bits per heavy atom. The van der Waals surface area contributed by atoms with Crippen molar-refractivity contribution in [2.24, 2.45) is 0 Å². The molecular formula is C61H45N3. The molecule has 3 heteroatoms. The Balaban J connectivity index is 1.03. The van der Waals surface area contributed by atoms with Crippen molar-refractivity contribution in [3.63, 3.8) is 0 Å². The van der Waals surface area contributed by atoms with E-state index in [1.54, 1.807) is 0 Å². The van der Waals surface area contributed by atoms with Gasteiger partial charge in [-0.3, -0.25) is 0 Å².